The van der Waals surface area contributed by atoms with Crippen LogP contribution < -0.4 is 24.5 Å². The van der Waals surface area contributed by atoms with Crippen LogP contribution in [0.15, 0.2) is 60.3 Å². The number of esters is 1. The van der Waals surface area contributed by atoms with E-state index in [9.17, 15) is 9.59 Å². The Labute approximate surface area is 245 Å². The molecule has 0 unspecified atom stereocenters. The summed E-state index contributed by atoms with van der Waals surface area (Å²) < 4.78 is 20.2. The first-order valence-corrected chi connectivity index (χ1v) is 15.5. The van der Waals surface area contributed by atoms with Crippen molar-refractivity contribution in [2.75, 3.05) is 31.7 Å². The molecular weight excluding hydrogens is 594 g/mol. The van der Waals surface area contributed by atoms with E-state index in [1.54, 1.807) is 24.7 Å². The van der Waals surface area contributed by atoms with Gasteiger partial charge in [0.05, 0.1) is 29.5 Å². The molecule has 0 aliphatic carbocycles. The van der Waals surface area contributed by atoms with Crippen molar-refractivity contribution in [1.29, 1.82) is 0 Å². The van der Waals surface area contributed by atoms with Gasteiger partial charge in [0.25, 0.3) is 5.56 Å². The van der Waals surface area contributed by atoms with E-state index < -0.39 is 12.0 Å². The predicted molar refractivity (Wildman–Crippen MR) is 160 cm³/mol. The highest BCUT2D eigenvalue weighted by Gasteiger charge is 2.36. The largest absolute Gasteiger partial charge is 0.496 e. The molecule has 1 saturated heterocycles. The molecule has 40 heavy (non-hydrogen) atoms. The highest BCUT2D eigenvalue weighted by atomic mass is 79.9. The Hall–Kier alpha value is -3.11. The number of furan rings is 1. The van der Waals surface area contributed by atoms with Crippen LogP contribution in [0.3, 0.4) is 0 Å². The zero-order valence-electron chi connectivity index (χ0n) is 23.1. The summed E-state index contributed by atoms with van der Waals surface area (Å²) in [6, 6.07) is 8.70. The van der Waals surface area contributed by atoms with Crippen molar-refractivity contribution in [3.8, 4) is 5.75 Å². The third-order valence-corrected chi connectivity index (χ3v) is 8.66. The van der Waals surface area contributed by atoms with Crippen LogP contribution >= 0.6 is 27.3 Å². The molecule has 10 heteroatoms. The number of methoxy groups -OCH3 is 1. The van der Waals surface area contributed by atoms with Gasteiger partial charge >= 0.3 is 5.97 Å². The van der Waals surface area contributed by atoms with E-state index >= 15 is 0 Å². The smallest absolute Gasteiger partial charge is 0.338 e. The fraction of sp³-hybridized carbons (Fsp3) is 0.433. The Morgan fingerprint density at radius 3 is 2.65 bits per heavy atom. The third-order valence-electron chi connectivity index (χ3n) is 7.18. The van der Waals surface area contributed by atoms with Gasteiger partial charge in [0.1, 0.15) is 17.6 Å². The van der Waals surface area contributed by atoms with Crippen molar-refractivity contribution in [2.24, 2.45) is 4.99 Å². The van der Waals surface area contributed by atoms with E-state index in [4.69, 9.17) is 18.9 Å². The van der Waals surface area contributed by atoms with Gasteiger partial charge in [-0.15, -0.1) is 0 Å². The summed E-state index contributed by atoms with van der Waals surface area (Å²) in [7, 11) is 1.58. The number of nitrogens with zero attached hydrogens (tertiary/aromatic N) is 3. The van der Waals surface area contributed by atoms with Crippen LogP contribution in [0.4, 0.5) is 5.88 Å². The Morgan fingerprint density at radius 2 is 1.95 bits per heavy atom. The maximum Gasteiger partial charge on any atom is 0.338 e. The zero-order chi connectivity index (χ0) is 28.2. The van der Waals surface area contributed by atoms with Crippen molar-refractivity contribution in [2.45, 2.75) is 58.4 Å². The molecule has 3 aromatic rings. The minimum absolute atomic E-state index is 0.215. The molecule has 0 amide bonds. The van der Waals surface area contributed by atoms with Gasteiger partial charge in [-0.1, -0.05) is 53.5 Å². The summed E-state index contributed by atoms with van der Waals surface area (Å²) in [6.07, 6.45) is 7.90. The highest BCUT2D eigenvalue weighted by Crippen LogP contribution is 2.38. The minimum atomic E-state index is -0.754. The van der Waals surface area contributed by atoms with Crippen LogP contribution in [0.25, 0.3) is 6.08 Å². The number of carbonyl (C=O) groups is 1. The molecule has 1 aromatic carbocycles. The molecule has 0 spiro atoms. The fourth-order valence-electron chi connectivity index (χ4n) is 5.34. The number of ether oxygens (including phenoxy) is 2. The van der Waals surface area contributed by atoms with Crippen molar-refractivity contribution in [3.63, 3.8) is 0 Å². The quantitative estimate of drug-likeness (QED) is 0.314. The van der Waals surface area contributed by atoms with E-state index in [2.05, 4.69) is 20.8 Å². The number of hydrogen-bond acceptors (Lipinski definition) is 8. The SMILES string of the molecule is CCCC1=C(C(=O)OCC)[C@H](c2cc(Br)ccc2OC)n2c(s/c(=C/c3ccc(N4CCCCCC4)o3)c2=O)=N1. The van der Waals surface area contributed by atoms with E-state index in [0.29, 0.717) is 44.1 Å². The molecule has 0 saturated carbocycles. The van der Waals surface area contributed by atoms with Gasteiger partial charge in [-0.2, -0.15) is 0 Å². The number of rotatable bonds is 8. The van der Waals surface area contributed by atoms with Crippen molar-refractivity contribution in [3.05, 3.63) is 77.1 Å². The van der Waals surface area contributed by atoms with Crippen LogP contribution in [0.5, 0.6) is 5.75 Å². The number of thiazole rings is 1. The molecular formula is C30H34BrN3O5S. The van der Waals surface area contributed by atoms with Crippen molar-refractivity contribution >= 4 is 45.2 Å². The van der Waals surface area contributed by atoms with E-state index in [1.165, 1.54) is 24.2 Å². The van der Waals surface area contributed by atoms with Crippen LogP contribution in [0.2, 0.25) is 0 Å². The average Bonchev–Trinajstić information content (AvgIpc) is 3.41. The second kappa shape index (κ2) is 12.6. The highest BCUT2D eigenvalue weighted by molar-refractivity contribution is 9.10. The maximum absolute atomic E-state index is 14.0. The summed E-state index contributed by atoms with van der Waals surface area (Å²) in [5, 5.41) is 0. The monoisotopic (exact) mass is 627 g/mol. The van der Waals surface area contributed by atoms with Gasteiger partial charge in [-0.05, 0) is 50.5 Å². The standard InChI is InChI=1S/C30H34BrN3O5S/c1-4-10-22-26(29(36)38-5-2)27(21-17-19(31)11-13-23(21)37-3)34-28(35)24(40-30(34)32-22)18-20-12-14-25(39-20)33-15-8-6-7-9-16-33/h11-14,17-18,27H,4-10,15-16H2,1-3H3/b24-18+/t27-/m0/s1. The lowest BCUT2D eigenvalue weighted by Gasteiger charge is -2.27. The summed E-state index contributed by atoms with van der Waals surface area (Å²) in [5.41, 5.74) is 1.42. The summed E-state index contributed by atoms with van der Waals surface area (Å²) in [4.78, 5) is 35.1. The lowest BCUT2D eigenvalue weighted by atomic mass is 9.93. The van der Waals surface area contributed by atoms with Crippen LogP contribution in [-0.4, -0.2) is 37.3 Å². The third kappa shape index (κ3) is 5.69. The first-order chi connectivity index (χ1) is 19.4. The maximum atomic E-state index is 14.0. The second-order valence-electron chi connectivity index (χ2n) is 9.88. The number of carbonyl (C=O) groups excluding carboxylic acids is 1. The first kappa shape index (κ1) is 28.4. The molecule has 8 nitrogen and oxygen atoms in total. The molecule has 0 radical (unpaired) electrons. The fourth-order valence-corrected chi connectivity index (χ4v) is 6.72. The normalized spacial score (nSPS) is 17.9. The van der Waals surface area contributed by atoms with E-state index in [1.807, 2.05) is 37.3 Å². The number of halogens is 1. The summed E-state index contributed by atoms with van der Waals surface area (Å²) in [5.74, 6) is 1.52. The van der Waals surface area contributed by atoms with Gasteiger partial charge < -0.3 is 18.8 Å². The van der Waals surface area contributed by atoms with Gasteiger partial charge in [0.2, 0.25) is 0 Å². The number of fused-ring (bicyclic) bond motifs is 1. The summed E-state index contributed by atoms with van der Waals surface area (Å²) in [6.45, 7) is 5.96. The molecule has 2 aromatic heterocycles. The molecule has 212 valence electrons. The van der Waals surface area contributed by atoms with E-state index in [-0.39, 0.29) is 12.2 Å². The first-order valence-electron chi connectivity index (χ1n) is 13.8. The number of allylic oxidation sites excluding steroid dienone is 1. The van der Waals surface area contributed by atoms with Gasteiger partial charge in [-0.3, -0.25) is 9.36 Å². The van der Waals surface area contributed by atoms with Gasteiger partial charge in [0.15, 0.2) is 10.7 Å². The van der Waals surface area contributed by atoms with Gasteiger partial charge in [0, 0.05) is 35.3 Å². The Kier molecular flexibility index (Phi) is 8.95. The lowest BCUT2D eigenvalue weighted by Crippen LogP contribution is -2.40. The molecule has 2 aliphatic heterocycles. The second-order valence-corrected chi connectivity index (χ2v) is 11.8. The molecule has 2 aliphatic rings. The molecule has 5 rings (SSSR count). The van der Waals surface area contributed by atoms with Crippen LogP contribution in [0.1, 0.15) is 69.7 Å². The lowest BCUT2D eigenvalue weighted by molar-refractivity contribution is -0.139. The van der Waals surface area contributed by atoms with Crippen LogP contribution in [0, 0.1) is 0 Å². The Morgan fingerprint density at radius 1 is 1.18 bits per heavy atom. The number of aromatic nitrogens is 1. The Bertz CT molecular complexity index is 1590. The van der Waals surface area contributed by atoms with E-state index in [0.717, 1.165) is 42.7 Å². The number of anilines is 1. The Balaban J connectivity index is 1.67. The molecule has 0 N–H and O–H groups in total. The molecule has 0 bridgehead atoms. The molecule has 1 atom stereocenters. The van der Waals surface area contributed by atoms with Crippen molar-refractivity contribution < 1.29 is 18.7 Å². The average molecular weight is 629 g/mol. The predicted octanol–water partition coefficient (Wildman–Crippen LogP) is 5.32. The topological polar surface area (TPSA) is 86.3 Å². The minimum Gasteiger partial charge on any atom is -0.496 e. The molecule has 4 heterocycles. The number of hydrogen-bond donors (Lipinski definition) is 0. The van der Waals surface area contributed by atoms with Crippen LogP contribution in [-0.2, 0) is 9.53 Å². The van der Waals surface area contributed by atoms with Gasteiger partial charge in [-0.25, -0.2) is 9.79 Å². The summed E-state index contributed by atoms with van der Waals surface area (Å²) >= 11 is 4.85. The number of benzene rings is 1. The van der Waals surface area contributed by atoms with Crippen molar-refractivity contribution in [1.82, 2.24) is 4.57 Å². The molecule has 1 fully saturated rings. The zero-order valence-corrected chi connectivity index (χ0v) is 25.5.